The fourth-order valence-electron chi connectivity index (χ4n) is 2.73. The lowest BCUT2D eigenvalue weighted by Crippen LogP contribution is -2.54. The van der Waals surface area contributed by atoms with Crippen LogP contribution in [0.15, 0.2) is 48.5 Å². The van der Waals surface area contributed by atoms with Crippen LogP contribution in [0, 0.1) is 9.39 Å². The van der Waals surface area contributed by atoms with Crippen molar-refractivity contribution >= 4 is 40.3 Å². The van der Waals surface area contributed by atoms with Crippen LogP contribution in [-0.4, -0.2) is 29.8 Å². The number of carbonyl (C=O) groups excluding carboxylic acids is 3. The van der Waals surface area contributed by atoms with Crippen molar-refractivity contribution in [3.05, 3.63) is 69.0 Å². The molecule has 0 aromatic heterocycles. The summed E-state index contributed by atoms with van der Waals surface area (Å²) in [4.78, 5) is 36.1. The molecule has 0 aliphatic carbocycles. The minimum atomic E-state index is -1.04. The van der Waals surface area contributed by atoms with E-state index in [-0.39, 0.29) is 18.4 Å². The van der Waals surface area contributed by atoms with Crippen molar-refractivity contribution in [2.75, 3.05) is 0 Å². The Labute approximate surface area is 176 Å². The normalized spacial score (nSPS) is 12.7. The van der Waals surface area contributed by atoms with E-state index >= 15 is 0 Å². The van der Waals surface area contributed by atoms with Crippen molar-refractivity contribution in [2.45, 2.75) is 31.8 Å². The van der Waals surface area contributed by atoms with Gasteiger partial charge in [-0.2, -0.15) is 0 Å². The van der Waals surface area contributed by atoms with Crippen molar-refractivity contribution < 1.29 is 18.8 Å². The first-order valence-corrected chi connectivity index (χ1v) is 9.68. The fourth-order valence-corrected chi connectivity index (χ4v) is 3.34. The van der Waals surface area contributed by atoms with Gasteiger partial charge in [0.1, 0.15) is 17.9 Å². The number of nitrogens with two attached hydrogens (primary N) is 1. The maximum absolute atomic E-state index is 13.9. The fraction of sp³-hybridized carbons (Fsp3) is 0.250. The van der Waals surface area contributed by atoms with Crippen LogP contribution >= 0.6 is 22.6 Å². The number of primary amides is 1. The van der Waals surface area contributed by atoms with Crippen LogP contribution in [0.2, 0.25) is 0 Å². The molecule has 4 N–H and O–H groups in total. The molecule has 0 unspecified atom stereocenters. The van der Waals surface area contributed by atoms with E-state index in [1.807, 2.05) is 24.3 Å². The lowest BCUT2D eigenvalue weighted by molar-refractivity contribution is -0.130. The van der Waals surface area contributed by atoms with E-state index < -0.39 is 35.6 Å². The molecule has 0 radical (unpaired) electrons. The van der Waals surface area contributed by atoms with E-state index in [4.69, 9.17) is 5.73 Å². The summed E-state index contributed by atoms with van der Waals surface area (Å²) in [6.07, 6.45) is 0.164. The lowest BCUT2D eigenvalue weighted by Gasteiger charge is -2.22. The molecule has 0 aliphatic rings. The van der Waals surface area contributed by atoms with Gasteiger partial charge in [-0.15, -0.1) is 0 Å². The number of hydrogen-bond donors (Lipinski definition) is 3. The van der Waals surface area contributed by atoms with Crippen molar-refractivity contribution in [2.24, 2.45) is 5.73 Å². The van der Waals surface area contributed by atoms with E-state index in [9.17, 15) is 18.8 Å². The van der Waals surface area contributed by atoms with Gasteiger partial charge in [0.05, 0.1) is 0 Å². The number of rotatable bonds is 8. The van der Waals surface area contributed by atoms with Crippen LogP contribution in [0.25, 0.3) is 0 Å². The molecule has 0 saturated carbocycles. The van der Waals surface area contributed by atoms with Gasteiger partial charge >= 0.3 is 0 Å². The number of hydrogen-bond acceptors (Lipinski definition) is 3. The molecule has 2 rings (SSSR count). The van der Waals surface area contributed by atoms with Crippen LogP contribution in [-0.2, 0) is 27.2 Å². The number of amides is 3. The summed E-state index contributed by atoms with van der Waals surface area (Å²) >= 11 is 2.15. The highest BCUT2D eigenvalue weighted by atomic mass is 127. The third-order valence-corrected chi connectivity index (χ3v) is 4.74. The topological polar surface area (TPSA) is 101 Å². The second kappa shape index (κ2) is 10.2. The molecule has 0 heterocycles. The van der Waals surface area contributed by atoms with E-state index in [0.29, 0.717) is 0 Å². The van der Waals surface area contributed by atoms with Gasteiger partial charge in [0.15, 0.2) is 0 Å². The maximum Gasteiger partial charge on any atom is 0.243 e. The zero-order valence-corrected chi connectivity index (χ0v) is 17.4. The van der Waals surface area contributed by atoms with E-state index in [1.165, 1.54) is 25.1 Å². The summed E-state index contributed by atoms with van der Waals surface area (Å²) in [5.74, 6) is -2.21. The quantitative estimate of drug-likeness (QED) is 0.484. The summed E-state index contributed by atoms with van der Waals surface area (Å²) in [5, 5.41) is 5.08. The van der Waals surface area contributed by atoms with Crippen LogP contribution in [0.4, 0.5) is 4.39 Å². The second-order valence-electron chi connectivity index (χ2n) is 6.35. The predicted molar refractivity (Wildman–Crippen MR) is 112 cm³/mol. The van der Waals surface area contributed by atoms with Crippen molar-refractivity contribution in [3.8, 4) is 0 Å². The standard InChI is InChI=1S/C20H21FIN3O3/c1-12(26)24-18(11-14-6-2-3-8-16(14)21)20(28)25-17(19(23)27)10-13-5-4-7-15(22)9-13/h2-9,17-18H,10-11H2,1H3,(H2,23,27)(H,24,26)(H,25,28)/t17-,18+/m1/s1. The number of halogens is 2. The molecule has 2 atom stereocenters. The van der Waals surface area contributed by atoms with E-state index in [0.717, 1.165) is 9.13 Å². The first-order chi connectivity index (χ1) is 13.3. The molecule has 148 valence electrons. The molecule has 0 fully saturated rings. The molecule has 3 amide bonds. The summed E-state index contributed by atoms with van der Waals surface area (Å²) in [5.41, 5.74) is 6.56. The van der Waals surface area contributed by atoms with Gasteiger partial charge in [0.25, 0.3) is 0 Å². The zero-order chi connectivity index (χ0) is 20.7. The Morgan fingerprint density at radius 2 is 1.75 bits per heavy atom. The monoisotopic (exact) mass is 497 g/mol. The van der Waals surface area contributed by atoms with Crippen LogP contribution in [0.1, 0.15) is 18.1 Å². The number of carbonyl (C=O) groups is 3. The molecular weight excluding hydrogens is 476 g/mol. The summed E-state index contributed by atoms with van der Waals surface area (Å²) in [6.45, 7) is 1.26. The molecule has 0 bridgehead atoms. The molecule has 8 heteroatoms. The third kappa shape index (κ3) is 6.59. The highest BCUT2D eigenvalue weighted by Crippen LogP contribution is 2.12. The molecule has 2 aromatic carbocycles. The van der Waals surface area contributed by atoms with Gasteiger partial charge in [-0.25, -0.2) is 4.39 Å². The Morgan fingerprint density at radius 1 is 1.04 bits per heavy atom. The molecule has 2 aromatic rings. The maximum atomic E-state index is 13.9. The second-order valence-corrected chi connectivity index (χ2v) is 7.59. The average molecular weight is 497 g/mol. The van der Waals surface area contributed by atoms with Crippen molar-refractivity contribution in [1.29, 1.82) is 0 Å². The van der Waals surface area contributed by atoms with Crippen molar-refractivity contribution in [3.63, 3.8) is 0 Å². The van der Waals surface area contributed by atoms with Gasteiger partial charge in [0.2, 0.25) is 17.7 Å². The SMILES string of the molecule is CC(=O)N[C@@H](Cc1ccccc1F)C(=O)N[C@H](Cc1cccc(I)c1)C(N)=O. The minimum Gasteiger partial charge on any atom is -0.368 e. The summed E-state index contributed by atoms with van der Waals surface area (Å²) in [6, 6.07) is 11.5. The highest BCUT2D eigenvalue weighted by Gasteiger charge is 2.26. The van der Waals surface area contributed by atoms with Gasteiger partial charge in [0, 0.05) is 23.3 Å². The Hall–Kier alpha value is -2.49. The molecule has 0 saturated heterocycles. The van der Waals surface area contributed by atoms with E-state index in [1.54, 1.807) is 6.07 Å². The third-order valence-electron chi connectivity index (χ3n) is 4.06. The molecular formula is C20H21FIN3O3. The minimum absolute atomic E-state index is 0.0488. The highest BCUT2D eigenvalue weighted by molar-refractivity contribution is 14.1. The first-order valence-electron chi connectivity index (χ1n) is 8.61. The van der Waals surface area contributed by atoms with Gasteiger partial charge < -0.3 is 16.4 Å². The van der Waals surface area contributed by atoms with E-state index in [2.05, 4.69) is 33.2 Å². The summed E-state index contributed by atoms with van der Waals surface area (Å²) < 4.78 is 14.9. The number of nitrogens with one attached hydrogen (secondary N) is 2. The molecule has 6 nitrogen and oxygen atoms in total. The average Bonchev–Trinajstić information content (AvgIpc) is 2.62. The number of benzene rings is 2. The summed E-state index contributed by atoms with van der Waals surface area (Å²) in [7, 11) is 0. The Balaban J connectivity index is 2.15. The Bertz CT molecular complexity index is 875. The predicted octanol–water partition coefficient (Wildman–Crippen LogP) is 1.69. The zero-order valence-electron chi connectivity index (χ0n) is 15.2. The van der Waals surface area contributed by atoms with Crippen LogP contribution in [0.5, 0.6) is 0 Å². The van der Waals surface area contributed by atoms with Gasteiger partial charge in [-0.1, -0.05) is 30.3 Å². The Kier molecular flexibility index (Phi) is 7.91. The Morgan fingerprint density at radius 3 is 2.36 bits per heavy atom. The smallest absolute Gasteiger partial charge is 0.243 e. The van der Waals surface area contributed by atoms with Gasteiger partial charge in [-0.05, 0) is 51.9 Å². The lowest BCUT2D eigenvalue weighted by atomic mass is 10.0. The van der Waals surface area contributed by atoms with Crippen LogP contribution in [0.3, 0.4) is 0 Å². The van der Waals surface area contributed by atoms with Crippen molar-refractivity contribution in [1.82, 2.24) is 10.6 Å². The van der Waals surface area contributed by atoms with Crippen LogP contribution < -0.4 is 16.4 Å². The first kappa shape index (κ1) is 21.8. The molecule has 0 spiro atoms. The molecule has 28 heavy (non-hydrogen) atoms. The molecule has 0 aliphatic heterocycles. The van der Waals surface area contributed by atoms with Gasteiger partial charge in [-0.3, -0.25) is 14.4 Å². The largest absolute Gasteiger partial charge is 0.368 e.